The number of thiocarbonyl (C=S) groups is 1. The Morgan fingerprint density at radius 3 is 2.71 bits per heavy atom. The van der Waals surface area contributed by atoms with Gasteiger partial charge in [-0.15, -0.1) is 23.1 Å². The summed E-state index contributed by atoms with van der Waals surface area (Å²) in [5.41, 5.74) is -0.261. The first-order chi connectivity index (χ1) is 21.3. The molecular weight excluding hydrogens is 659 g/mol. The molecule has 5 rings (SSSR count). The van der Waals surface area contributed by atoms with Crippen molar-refractivity contribution >= 4 is 74.9 Å². The molecule has 2 atom stereocenters. The smallest absolute Gasteiger partial charge is 0.353 e. The molecule has 19 nitrogen and oxygen atoms in total. The highest BCUT2D eigenvalue weighted by atomic mass is 32.2. The topological polar surface area (TPSA) is 277 Å². The van der Waals surface area contributed by atoms with Gasteiger partial charge in [-0.1, -0.05) is 17.4 Å². The third kappa shape index (κ3) is 5.33. The number of carbonyl (C=O) groups is 3. The number of fused-ring (bicyclic) bond motifs is 1. The van der Waals surface area contributed by atoms with E-state index in [9.17, 15) is 44.2 Å². The van der Waals surface area contributed by atoms with Crippen molar-refractivity contribution in [2.24, 2.45) is 12.2 Å². The number of hydrogen-bond acceptors (Lipinski definition) is 16. The molecule has 7 N–H and O–H groups in total. The van der Waals surface area contributed by atoms with Crippen molar-refractivity contribution < 1.29 is 34.6 Å². The molecule has 5 heterocycles. The number of pyridine rings is 1. The number of aromatic hydroxyl groups is 1. The van der Waals surface area contributed by atoms with Gasteiger partial charge in [-0.25, -0.2) is 19.4 Å². The highest BCUT2D eigenvalue weighted by Crippen LogP contribution is 2.47. The number of nitrogen functional groups attached to an aromatic ring is 1. The Bertz CT molecular complexity index is 2030. The van der Waals surface area contributed by atoms with Crippen LogP contribution in [-0.2, 0) is 32.9 Å². The molecule has 0 aromatic carbocycles. The van der Waals surface area contributed by atoms with E-state index >= 15 is 0 Å². The predicted molar refractivity (Wildman–Crippen MR) is 160 cm³/mol. The second-order valence-corrected chi connectivity index (χ2v) is 11.5. The number of anilines is 1. The normalized spacial score (nSPS) is 19.5. The van der Waals surface area contributed by atoms with Crippen molar-refractivity contribution in [1.82, 2.24) is 34.5 Å². The number of nitrogens with two attached hydrogens (primary N) is 1. The van der Waals surface area contributed by atoms with E-state index in [1.165, 1.54) is 12.4 Å². The average Bonchev–Trinajstić information content (AvgIpc) is 3.42. The number of carboxylic acids is 1. The lowest BCUT2D eigenvalue weighted by Crippen LogP contribution is -2.80. The van der Waals surface area contributed by atoms with Gasteiger partial charge in [0, 0.05) is 35.2 Å². The molecule has 2 aliphatic rings. The van der Waals surface area contributed by atoms with Gasteiger partial charge in [-0.3, -0.25) is 28.8 Å². The summed E-state index contributed by atoms with van der Waals surface area (Å²) in [7, 11) is 1.26. The van der Waals surface area contributed by atoms with E-state index in [2.05, 4.69) is 20.4 Å². The lowest BCUT2D eigenvalue weighted by atomic mass is 9.87. The number of nitrogens with zero attached hydrogens (tertiary/aromatic N) is 6. The number of nitrogens with one attached hydrogen (secondary N) is 2. The van der Waals surface area contributed by atoms with Crippen LogP contribution in [0, 0.1) is 0 Å². The molecule has 0 aliphatic carbocycles. The van der Waals surface area contributed by atoms with Gasteiger partial charge in [0.15, 0.2) is 28.7 Å². The molecule has 234 valence electrons. The van der Waals surface area contributed by atoms with Crippen LogP contribution in [-0.4, -0.2) is 90.1 Å². The van der Waals surface area contributed by atoms with Crippen molar-refractivity contribution in [2.75, 3.05) is 11.5 Å². The predicted octanol–water partition coefficient (Wildman–Crippen LogP) is -2.20. The number of oxime groups is 1. The first-order valence-electron chi connectivity index (χ1n) is 12.2. The zero-order valence-electron chi connectivity index (χ0n) is 22.5. The van der Waals surface area contributed by atoms with Crippen LogP contribution in [0.5, 0.6) is 5.75 Å². The summed E-state index contributed by atoms with van der Waals surface area (Å²) in [4.78, 5) is 91.0. The van der Waals surface area contributed by atoms with Crippen LogP contribution in [0.3, 0.4) is 0 Å². The number of hydrogen-bond donors (Lipinski definition) is 6. The van der Waals surface area contributed by atoms with E-state index in [-0.39, 0.29) is 33.7 Å². The number of rotatable bonds is 9. The first kappa shape index (κ1) is 31.1. The van der Waals surface area contributed by atoms with Crippen molar-refractivity contribution in [3.63, 3.8) is 0 Å². The fraction of sp³-hybridized carbons (Fsp3) is 0.217. The monoisotopic (exact) mass is 677 g/mol. The summed E-state index contributed by atoms with van der Waals surface area (Å²) in [6, 6.07) is 0.870. The third-order valence-electron chi connectivity index (χ3n) is 6.57. The van der Waals surface area contributed by atoms with Crippen LogP contribution in [0.2, 0.25) is 0 Å². The average molecular weight is 678 g/mol. The number of carbonyl (C=O) groups excluding carboxylic acids is 2. The molecule has 3 aromatic heterocycles. The van der Waals surface area contributed by atoms with Crippen LogP contribution in [0.25, 0.3) is 5.57 Å². The minimum absolute atomic E-state index is 0.0537. The Labute approximate surface area is 262 Å². The minimum atomic E-state index is -1.93. The summed E-state index contributed by atoms with van der Waals surface area (Å²) in [5.74, 6) is -4.68. The Balaban J connectivity index is 1.47. The molecule has 1 saturated heterocycles. The zero-order chi connectivity index (χ0) is 32.8. The van der Waals surface area contributed by atoms with Gasteiger partial charge >= 0.3 is 17.3 Å². The molecular formula is C23H19N9O10S3. The van der Waals surface area contributed by atoms with E-state index < -0.39 is 69.3 Å². The quantitative estimate of drug-likeness (QED) is 0.0461. The highest BCUT2D eigenvalue weighted by molar-refractivity contribution is 8.00. The van der Waals surface area contributed by atoms with Crippen LogP contribution >= 0.6 is 35.3 Å². The number of aliphatic carboxylic acids is 1. The number of β-lactam (4-membered cyclic amide) rings is 1. The van der Waals surface area contributed by atoms with Crippen LogP contribution in [0.15, 0.2) is 42.9 Å². The van der Waals surface area contributed by atoms with Crippen LogP contribution in [0.1, 0.15) is 17.2 Å². The van der Waals surface area contributed by atoms with E-state index in [1.807, 2.05) is 4.98 Å². The van der Waals surface area contributed by atoms with Crippen molar-refractivity contribution in [2.45, 2.75) is 17.5 Å². The molecule has 0 spiro atoms. The number of thioether (sulfide) groups is 1. The molecule has 0 unspecified atom stereocenters. The summed E-state index contributed by atoms with van der Waals surface area (Å²) in [5, 5.41) is 36.9. The maximum absolute atomic E-state index is 13.6. The molecule has 45 heavy (non-hydrogen) atoms. The Hall–Kier alpha value is -5.35. The number of carboxylic acid groups (broad SMARTS) is 1. The van der Waals surface area contributed by atoms with Gasteiger partial charge in [0.25, 0.3) is 11.8 Å². The fourth-order valence-electron chi connectivity index (χ4n) is 4.42. The Morgan fingerprint density at radius 2 is 2.07 bits per heavy atom. The van der Waals surface area contributed by atoms with E-state index in [0.717, 1.165) is 50.2 Å². The standard InChI is InChI=1S/C23H19N9O10S3/c1-30-15(26-21(39)27-22(30)40)9-5-44-19-23(7-43,18(38)32(19)14(9)17(36)37)28-16(35)13(10-6-45-20(24)25-10)29-42-4-8-2-11(33)12(34)3-31(8)41/h2-3,6-7,19,34,41H,4-5H2,1H3,(H2,24,25)(H,28,35)(H,36,37)(H,27,39,40)/b29-13-/t19-,23+/m1/s1. The van der Waals surface area contributed by atoms with Gasteiger partial charge in [-0.05, 0) is 0 Å². The maximum atomic E-state index is 13.6. The van der Waals surface area contributed by atoms with Gasteiger partial charge < -0.3 is 31.3 Å². The Kier molecular flexibility index (Phi) is 8.03. The molecule has 2 aliphatic heterocycles. The largest absolute Gasteiger partial charge is 0.503 e. The minimum Gasteiger partial charge on any atom is -0.503 e. The van der Waals surface area contributed by atoms with Gasteiger partial charge in [0.05, 0.1) is 6.20 Å². The van der Waals surface area contributed by atoms with Gasteiger partial charge in [0.1, 0.15) is 28.3 Å². The molecule has 22 heteroatoms. The number of aromatic amines is 1. The van der Waals surface area contributed by atoms with Crippen molar-refractivity contribution in [3.8, 4) is 5.75 Å². The molecule has 2 amide bonds. The van der Waals surface area contributed by atoms with Crippen molar-refractivity contribution in [1.29, 1.82) is 0 Å². The second-order valence-electron chi connectivity index (χ2n) is 9.28. The van der Waals surface area contributed by atoms with E-state index in [1.54, 1.807) is 0 Å². The number of thiazole rings is 1. The lowest BCUT2D eigenvalue weighted by molar-refractivity contribution is -0.153. The number of H-pyrrole nitrogens is 1. The van der Waals surface area contributed by atoms with E-state index in [0.29, 0.717) is 4.73 Å². The van der Waals surface area contributed by atoms with Gasteiger partial charge in [0.2, 0.25) is 5.43 Å². The second kappa shape index (κ2) is 11.6. The van der Waals surface area contributed by atoms with Crippen molar-refractivity contribution in [3.05, 3.63) is 71.7 Å². The molecule has 0 radical (unpaired) electrons. The molecule has 0 saturated carbocycles. The molecule has 3 aromatic rings. The summed E-state index contributed by atoms with van der Waals surface area (Å²) >= 11 is 7.07. The summed E-state index contributed by atoms with van der Waals surface area (Å²) < 4.78 is 1.34. The van der Waals surface area contributed by atoms with Gasteiger partial charge in [-0.2, -0.15) is 9.71 Å². The zero-order valence-corrected chi connectivity index (χ0v) is 24.9. The SMILES string of the molecule is Cn1c(C2=C(C(=O)O)N3C(=O)[C@](C=S)(NC(=O)/C(=N\OCc4cc(=O)c(O)cn4O)c4csc(N)n4)[C@H]3SC2)nc(=O)[nH]c1=O. The third-order valence-corrected chi connectivity index (χ3v) is 8.97. The Morgan fingerprint density at radius 1 is 1.33 bits per heavy atom. The van der Waals surface area contributed by atoms with E-state index in [4.69, 9.17) is 22.8 Å². The highest BCUT2D eigenvalue weighted by Gasteiger charge is 2.65. The summed E-state index contributed by atoms with van der Waals surface area (Å²) in [6.07, 6.45) is 0.731. The summed E-state index contributed by atoms with van der Waals surface area (Å²) in [6.45, 7) is -0.555. The first-order valence-corrected chi connectivity index (χ1v) is 14.6. The maximum Gasteiger partial charge on any atom is 0.353 e. The van der Waals surface area contributed by atoms with Crippen LogP contribution in [0.4, 0.5) is 5.13 Å². The molecule has 1 fully saturated rings. The fourth-order valence-corrected chi connectivity index (χ4v) is 6.77. The number of aromatic nitrogens is 5. The molecule has 0 bridgehead atoms. The van der Waals surface area contributed by atoms with Crippen LogP contribution < -0.4 is 27.9 Å². The number of amides is 2. The lowest BCUT2D eigenvalue weighted by Gasteiger charge is -2.55.